The molecule has 2 aliphatic heterocycles. The number of esters is 3. The van der Waals surface area contributed by atoms with E-state index in [2.05, 4.69) is 20.7 Å². The molecule has 20 heteroatoms. The van der Waals surface area contributed by atoms with Crippen molar-refractivity contribution in [1.82, 2.24) is 14.5 Å². The van der Waals surface area contributed by atoms with E-state index in [0.29, 0.717) is 23.6 Å². The number of aliphatic carboxylic acids is 1. The van der Waals surface area contributed by atoms with Crippen molar-refractivity contribution in [3.8, 4) is 22.5 Å². The summed E-state index contributed by atoms with van der Waals surface area (Å²) < 4.78 is 17.0. The van der Waals surface area contributed by atoms with E-state index in [4.69, 9.17) is 30.3 Å². The van der Waals surface area contributed by atoms with Crippen LogP contribution in [0.1, 0.15) is 12.5 Å². The predicted octanol–water partition coefficient (Wildman–Crippen LogP) is 4.59. The summed E-state index contributed by atoms with van der Waals surface area (Å²) in [6, 6.07) is 32.1. The maximum Gasteiger partial charge on any atom is 0.334 e. The number of hydrogen-bond acceptors (Lipinski definition) is 13. The third kappa shape index (κ3) is 15.0. The van der Waals surface area contributed by atoms with Crippen molar-refractivity contribution in [1.29, 1.82) is 0 Å². The number of aromatic nitrogens is 2. The third-order valence-corrected chi connectivity index (χ3v) is 9.33. The van der Waals surface area contributed by atoms with Gasteiger partial charge >= 0.3 is 23.9 Å². The van der Waals surface area contributed by atoms with Gasteiger partial charge in [-0.3, -0.25) is 28.5 Å². The minimum Gasteiger partial charge on any atom is -0.495 e. The van der Waals surface area contributed by atoms with Crippen molar-refractivity contribution >= 4 is 62.6 Å². The molecule has 2 aromatic heterocycles. The molecule has 4 radical (unpaired) electrons. The Labute approximate surface area is 385 Å². The summed E-state index contributed by atoms with van der Waals surface area (Å²) in [7, 11) is 10.2. The number of ether oxygens (including phenoxy) is 3. The van der Waals surface area contributed by atoms with Gasteiger partial charge in [0.15, 0.2) is 23.3 Å². The first kappa shape index (κ1) is 49.3. The van der Waals surface area contributed by atoms with Crippen LogP contribution in [0.4, 0.5) is 21.0 Å². The maximum absolute atomic E-state index is 13.1. The number of pyridine rings is 2. The normalized spacial score (nSPS) is 13.1. The Balaban J connectivity index is 0.000000248. The van der Waals surface area contributed by atoms with E-state index in [1.807, 2.05) is 73.7 Å². The lowest BCUT2D eigenvalue weighted by Gasteiger charge is -2.19. The van der Waals surface area contributed by atoms with Crippen molar-refractivity contribution in [3.05, 3.63) is 177 Å². The topological polar surface area (TPSA) is 251 Å². The number of carboxylic acids is 1. The Kier molecular flexibility index (Phi) is 17.6. The number of cyclic esters (lactones) is 2. The van der Waals surface area contributed by atoms with Crippen molar-refractivity contribution in [3.63, 3.8) is 0 Å². The molecular weight excluding hydrogens is 864 g/mol. The predicted molar refractivity (Wildman–Crippen MR) is 247 cm³/mol. The van der Waals surface area contributed by atoms with Crippen LogP contribution < -0.4 is 27.1 Å². The van der Waals surface area contributed by atoms with Crippen LogP contribution >= 0.6 is 0 Å². The van der Waals surface area contributed by atoms with Gasteiger partial charge in [0.25, 0.3) is 11.1 Å². The Morgan fingerprint density at radius 2 is 1.18 bits per heavy atom. The Hall–Kier alpha value is -8.67. The van der Waals surface area contributed by atoms with Gasteiger partial charge in [0.2, 0.25) is 15.7 Å². The van der Waals surface area contributed by atoms with Gasteiger partial charge in [0, 0.05) is 19.0 Å². The second-order valence-electron chi connectivity index (χ2n) is 14.4. The van der Waals surface area contributed by atoms with E-state index in [-0.39, 0.29) is 48.6 Å². The zero-order chi connectivity index (χ0) is 48.5. The zero-order valence-electron chi connectivity index (χ0n) is 35.7. The summed E-state index contributed by atoms with van der Waals surface area (Å²) in [4.78, 5) is 93.0. The highest BCUT2D eigenvalue weighted by atomic mass is 16.6. The molecule has 4 heterocycles. The Morgan fingerprint density at radius 3 is 1.63 bits per heavy atom. The molecule has 2 aliphatic rings. The lowest BCUT2D eigenvalue weighted by Crippen LogP contribution is -2.39. The quantitative estimate of drug-likeness (QED) is 0.0443. The van der Waals surface area contributed by atoms with Crippen LogP contribution in [0, 0.1) is 0 Å². The number of anilines is 2. The molecule has 0 saturated heterocycles. The largest absolute Gasteiger partial charge is 0.495 e. The first-order valence-electron chi connectivity index (χ1n) is 20.1. The van der Waals surface area contributed by atoms with Crippen LogP contribution in [0.25, 0.3) is 22.5 Å². The van der Waals surface area contributed by atoms with Crippen molar-refractivity contribution < 1.29 is 53.2 Å². The minimum absolute atomic E-state index is 0.0323. The standard InChI is InChI=1S/C28H24BN3O7.C14H11BN2O4.C5H6O2/c29-28(37)31-21-11-12-23(19-9-5-2-6-10-19)32(26(21)35)14-13-24(33)30-22(15-18-7-3-1-4-8-18)27(36)39-20-16-25(34)38-17-20;15-14(21)16-10-6-7-11(9-4-2-1-3-5-9)17(13(10)20)8-12(18)19;1-4-2-5(6)7-3-4/h1-13,16,22,30,33H,14-15,17H2,(H,31,37);1-7H,8H2,(H,16,21)(H,18,19);2H,3H2,1H3/b24-13+;;/t22-;;/m1../s1. The zero-order valence-corrected chi connectivity index (χ0v) is 35.7. The SMILES string of the molecule is CC1=CC(=O)OC1.[B]C(=O)Nc1ccc(-c2ccccc2)n(C/C=C(/O)N[C@H](Cc2ccccc2)C(=O)OC2=CC(=O)OC2)c1=O.[B]C(=O)Nc1ccc(-c2ccccc2)n(CC(=O)O)c1=O. The van der Waals surface area contributed by atoms with Gasteiger partial charge in [-0.25, -0.2) is 14.4 Å². The smallest absolute Gasteiger partial charge is 0.334 e. The first-order chi connectivity index (χ1) is 32.1. The fourth-order valence-corrected chi connectivity index (χ4v) is 6.35. The van der Waals surface area contributed by atoms with Gasteiger partial charge < -0.3 is 44.9 Å². The summed E-state index contributed by atoms with van der Waals surface area (Å²) in [5.74, 6) is -4.83. The van der Waals surface area contributed by atoms with E-state index >= 15 is 0 Å². The number of allylic oxidation sites excluding steroid dienone is 1. The summed E-state index contributed by atoms with van der Waals surface area (Å²) >= 11 is 0. The number of rotatable bonds is 14. The molecule has 18 nitrogen and oxygen atoms in total. The molecule has 338 valence electrons. The molecule has 67 heavy (non-hydrogen) atoms. The third-order valence-electron chi connectivity index (χ3n) is 9.33. The molecule has 0 saturated carbocycles. The molecule has 0 aliphatic carbocycles. The monoisotopic (exact) mass is 905 g/mol. The van der Waals surface area contributed by atoms with Crippen LogP contribution in [0.5, 0.6) is 0 Å². The highest BCUT2D eigenvalue weighted by Gasteiger charge is 2.26. The molecule has 0 fully saturated rings. The van der Waals surface area contributed by atoms with Gasteiger partial charge in [0.05, 0.1) is 17.5 Å². The fourth-order valence-electron chi connectivity index (χ4n) is 6.35. The lowest BCUT2D eigenvalue weighted by atomic mass is 10.1. The number of aliphatic hydroxyl groups excluding tert-OH is 1. The van der Waals surface area contributed by atoms with Crippen molar-refractivity contribution in [2.75, 3.05) is 23.8 Å². The summed E-state index contributed by atoms with van der Waals surface area (Å²) in [6.45, 7) is 1.56. The second kappa shape index (κ2) is 23.9. The fraction of sp³-hybridized carbons (Fsp3) is 0.149. The highest BCUT2D eigenvalue weighted by molar-refractivity contribution is 6.60. The number of hydrogen-bond donors (Lipinski definition) is 5. The molecule has 2 amide bonds. The number of nitrogens with zero attached hydrogens (tertiary/aromatic N) is 2. The van der Waals surface area contributed by atoms with Crippen LogP contribution in [0.3, 0.4) is 0 Å². The molecule has 1 atom stereocenters. The number of aliphatic hydroxyl groups is 1. The summed E-state index contributed by atoms with van der Waals surface area (Å²) in [6.07, 6.45) is 4.05. The number of benzene rings is 3. The first-order valence-corrected chi connectivity index (χ1v) is 20.1. The van der Waals surface area contributed by atoms with E-state index in [0.717, 1.165) is 27.3 Å². The molecule has 5 aromatic rings. The van der Waals surface area contributed by atoms with Crippen LogP contribution in [0.15, 0.2) is 160 Å². The molecule has 0 unspecified atom stereocenters. The van der Waals surface area contributed by atoms with E-state index in [1.165, 1.54) is 28.9 Å². The number of carbonyl (C=O) groups is 6. The Bertz CT molecular complexity index is 2850. The van der Waals surface area contributed by atoms with E-state index in [1.54, 1.807) is 36.4 Å². The van der Waals surface area contributed by atoms with Crippen molar-refractivity contribution in [2.45, 2.75) is 32.5 Å². The van der Waals surface area contributed by atoms with Crippen LogP contribution in [-0.2, 0) is 52.9 Å². The van der Waals surface area contributed by atoms with Crippen LogP contribution in [-0.4, -0.2) is 89.8 Å². The van der Waals surface area contributed by atoms with Crippen molar-refractivity contribution in [2.24, 2.45) is 0 Å². The number of amides is 2. The van der Waals surface area contributed by atoms with E-state index < -0.39 is 53.2 Å². The summed E-state index contributed by atoms with van der Waals surface area (Å²) in [5.41, 5.74) is 2.92. The lowest BCUT2D eigenvalue weighted by molar-refractivity contribution is -0.143. The van der Waals surface area contributed by atoms with Gasteiger partial charge in [-0.2, -0.15) is 0 Å². The Morgan fingerprint density at radius 1 is 0.687 bits per heavy atom. The van der Waals surface area contributed by atoms with Gasteiger partial charge in [-0.05, 0) is 59.5 Å². The average molecular weight is 905 g/mol. The number of nitrogens with one attached hydrogen (secondary N) is 3. The molecule has 0 bridgehead atoms. The van der Waals surface area contributed by atoms with Gasteiger partial charge in [-0.15, -0.1) is 0 Å². The van der Waals surface area contributed by atoms with Crippen LogP contribution in [0.2, 0.25) is 0 Å². The van der Waals surface area contributed by atoms with E-state index in [9.17, 15) is 43.5 Å². The average Bonchev–Trinajstić information content (AvgIpc) is 3.90. The summed E-state index contributed by atoms with van der Waals surface area (Å²) in [5, 5.41) is 26.9. The molecule has 3 aromatic carbocycles. The van der Waals surface area contributed by atoms with Gasteiger partial charge in [-0.1, -0.05) is 91.0 Å². The minimum atomic E-state index is -1.16. The molecule has 5 N–H and O–H groups in total. The molecular formula is C47H41B2N5O13. The second-order valence-corrected chi connectivity index (χ2v) is 14.4. The molecule has 7 rings (SSSR count). The maximum atomic E-state index is 13.1. The van der Waals surface area contributed by atoms with Gasteiger partial charge in [0.1, 0.15) is 37.2 Å². The number of carboxylic acid groups (broad SMARTS) is 1. The number of carbonyl (C=O) groups excluding carboxylic acids is 5. The highest BCUT2D eigenvalue weighted by Crippen LogP contribution is 2.21. The molecule has 0 spiro atoms.